The van der Waals surface area contributed by atoms with Gasteiger partial charge in [-0.3, -0.25) is 4.79 Å². The van der Waals surface area contributed by atoms with Crippen LogP contribution < -0.4 is 0 Å². The molecule has 1 N–H and O–H groups in total. The molecular formula is C7H12NO2. The summed E-state index contributed by atoms with van der Waals surface area (Å²) in [6.45, 7) is 2.97. The molecular weight excluding hydrogens is 130 g/mol. The van der Waals surface area contributed by atoms with Crippen LogP contribution in [0.15, 0.2) is 0 Å². The molecule has 1 radical (unpaired) electrons. The van der Waals surface area contributed by atoms with Crippen LogP contribution in [0.1, 0.15) is 13.3 Å². The Kier molecular flexibility index (Phi) is 2.27. The van der Waals surface area contributed by atoms with Crippen LogP contribution in [0.4, 0.5) is 0 Å². The van der Waals surface area contributed by atoms with Crippen molar-refractivity contribution in [2.75, 3.05) is 13.1 Å². The number of hydrogen-bond donors (Lipinski definition) is 1. The first-order valence-corrected chi connectivity index (χ1v) is 3.50. The maximum atomic E-state index is 11.0. The first-order valence-electron chi connectivity index (χ1n) is 3.50. The minimum Gasteiger partial charge on any atom is -0.384 e. The third-order valence-electron chi connectivity index (χ3n) is 1.62. The topological polar surface area (TPSA) is 40.5 Å². The monoisotopic (exact) mass is 142 g/mol. The zero-order chi connectivity index (χ0) is 7.56. The molecule has 0 saturated carbocycles. The predicted octanol–water partition coefficient (Wildman–Crippen LogP) is -0.196. The maximum Gasteiger partial charge on any atom is 0.251 e. The van der Waals surface area contributed by atoms with Gasteiger partial charge in [-0.15, -0.1) is 0 Å². The lowest BCUT2D eigenvalue weighted by atomic mass is 10.3. The SMILES string of the molecule is CC(O)C(=O)N1C[CH]CC1. The number of nitrogens with zero attached hydrogens (tertiary/aromatic N) is 1. The lowest BCUT2D eigenvalue weighted by Gasteiger charge is -2.16. The Morgan fingerprint density at radius 1 is 1.80 bits per heavy atom. The third kappa shape index (κ3) is 1.48. The number of rotatable bonds is 1. The Hall–Kier alpha value is -0.570. The van der Waals surface area contributed by atoms with Crippen molar-refractivity contribution in [2.45, 2.75) is 19.4 Å². The van der Waals surface area contributed by atoms with Gasteiger partial charge in [0.25, 0.3) is 5.91 Å². The molecule has 0 spiro atoms. The van der Waals surface area contributed by atoms with Gasteiger partial charge in [0.2, 0.25) is 0 Å². The molecule has 0 aromatic heterocycles. The van der Waals surface area contributed by atoms with Crippen molar-refractivity contribution in [1.82, 2.24) is 4.90 Å². The third-order valence-corrected chi connectivity index (χ3v) is 1.62. The van der Waals surface area contributed by atoms with Crippen molar-refractivity contribution in [1.29, 1.82) is 0 Å². The van der Waals surface area contributed by atoms with Crippen LogP contribution in [0, 0.1) is 6.42 Å². The van der Waals surface area contributed by atoms with Crippen molar-refractivity contribution in [3.8, 4) is 0 Å². The van der Waals surface area contributed by atoms with Crippen molar-refractivity contribution in [2.24, 2.45) is 0 Å². The van der Waals surface area contributed by atoms with Crippen LogP contribution in [-0.2, 0) is 4.79 Å². The average Bonchev–Trinajstić information content (AvgIpc) is 2.36. The Labute approximate surface area is 60.6 Å². The molecule has 1 rings (SSSR count). The quantitative estimate of drug-likeness (QED) is 0.551. The van der Waals surface area contributed by atoms with Gasteiger partial charge >= 0.3 is 0 Å². The fourth-order valence-corrected chi connectivity index (χ4v) is 1.05. The summed E-state index contributed by atoms with van der Waals surface area (Å²) in [5, 5.41) is 8.88. The van der Waals surface area contributed by atoms with E-state index >= 15 is 0 Å². The second-order valence-electron chi connectivity index (χ2n) is 2.54. The summed E-state index contributed by atoms with van der Waals surface area (Å²) in [6.07, 6.45) is 2.16. The van der Waals surface area contributed by atoms with Gasteiger partial charge in [0.05, 0.1) is 0 Å². The average molecular weight is 142 g/mol. The predicted molar refractivity (Wildman–Crippen MR) is 37.2 cm³/mol. The molecule has 3 heteroatoms. The molecule has 1 atom stereocenters. The zero-order valence-corrected chi connectivity index (χ0v) is 6.08. The Bertz CT molecular complexity index is 128. The molecule has 1 aliphatic rings. The van der Waals surface area contributed by atoms with E-state index in [1.165, 1.54) is 6.92 Å². The summed E-state index contributed by atoms with van der Waals surface area (Å²) < 4.78 is 0. The highest BCUT2D eigenvalue weighted by Gasteiger charge is 2.20. The van der Waals surface area contributed by atoms with E-state index in [9.17, 15) is 4.79 Å². The number of amides is 1. The van der Waals surface area contributed by atoms with Crippen LogP contribution in [0.5, 0.6) is 0 Å². The highest BCUT2D eigenvalue weighted by Crippen LogP contribution is 2.07. The number of aliphatic hydroxyl groups is 1. The Balaban J connectivity index is 2.40. The summed E-state index contributed by atoms with van der Waals surface area (Å²) >= 11 is 0. The van der Waals surface area contributed by atoms with Crippen LogP contribution in [-0.4, -0.2) is 35.1 Å². The van der Waals surface area contributed by atoms with Crippen molar-refractivity contribution < 1.29 is 9.90 Å². The van der Waals surface area contributed by atoms with E-state index in [1.807, 2.05) is 6.42 Å². The van der Waals surface area contributed by atoms with Gasteiger partial charge in [-0.1, -0.05) is 0 Å². The molecule has 1 fully saturated rings. The highest BCUT2D eigenvalue weighted by molar-refractivity contribution is 5.80. The molecule has 0 aromatic rings. The number of hydrogen-bond acceptors (Lipinski definition) is 2. The first-order chi connectivity index (χ1) is 4.72. The molecule has 1 amide bonds. The fraction of sp³-hybridized carbons (Fsp3) is 0.714. The smallest absolute Gasteiger partial charge is 0.251 e. The highest BCUT2D eigenvalue weighted by atomic mass is 16.3. The molecule has 57 valence electrons. The van der Waals surface area contributed by atoms with E-state index in [0.717, 1.165) is 13.0 Å². The van der Waals surface area contributed by atoms with Gasteiger partial charge in [-0.25, -0.2) is 0 Å². The van der Waals surface area contributed by atoms with Gasteiger partial charge in [0, 0.05) is 13.1 Å². The molecule has 1 aliphatic heterocycles. The van der Waals surface area contributed by atoms with Gasteiger partial charge in [0.1, 0.15) is 6.10 Å². The normalized spacial score (nSPS) is 21.2. The standard InChI is InChI=1S/C7H12NO2/c1-6(9)7(10)8-4-2-3-5-8/h2,6,9H,3-5H2,1H3. The largest absolute Gasteiger partial charge is 0.384 e. The first kappa shape index (κ1) is 7.54. The van der Waals surface area contributed by atoms with E-state index in [1.54, 1.807) is 4.90 Å². The molecule has 1 heterocycles. The minimum absolute atomic E-state index is 0.159. The molecule has 0 bridgehead atoms. The lowest BCUT2D eigenvalue weighted by molar-refractivity contribution is -0.137. The lowest BCUT2D eigenvalue weighted by Crippen LogP contribution is -2.35. The summed E-state index contributed by atoms with van der Waals surface area (Å²) in [7, 11) is 0. The summed E-state index contributed by atoms with van der Waals surface area (Å²) in [5.74, 6) is -0.159. The van der Waals surface area contributed by atoms with Gasteiger partial charge in [-0.2, -0.15) is 0 Å². The molecule has 10 heavy (non-hydrogen) atoms. The molecule has 0 aliphatic carbocycles. The van der Waals surface area contributed by atoms with Gasteiger partial charge in [0.15, 0.2) is 0 Å². The summed E-state index contributed by atoms with van der Waals surface area (Å²) in [5.41, 5.74) is 0. The van der Waals surface area contributed by atoms with Crippen molar-refractivity contribution >= 4 is 5.91 Å². The van der Waals surface area contributed by atoms with Crippen molar-refractivity contribution in [3.05, 3.63) is 6.42 Å². The Morgan fingerprint density at radius 3 is 2.90 bits per heavy atom. The Morgan fingerprint density at radius 2 is 2.50 bits per heavy atom. The molecule has 1 unspecified atom stereocenters. The van der Waals surface area contributed by atoms with E-state index in [-0.39, 0.29) is 5.91 Å². The van der Waals surface area contributed by atoms with Crippen molar-refractivity contribution in [3.63, 3.8) is 0 Å². The molecule has 0 aromatic carbocycles. The van der Waals surface area contributed by atoms with Crippen LogP contribution >= 0.6 is 0 Å². The number of carbonyl (C=O) groups is 1. The number of likely N-dealkylation sites (tertiary alicyclic amines) is 1. The number of aliphatic hydroxyl groups excluding tert-OH is 1. The van der Waals surface area contributed by atoms with Gasteiger partial charge < -0.3 is 10.0 Å². The fourth-order valence-electron chi connectivity index (χ4n) is 1.05. The minimum atomic E-state index is -0.841. The van der Waals surface area contributed by atoms with E-state index in [2.05, 4.69) is 0 Å². The van der Waals surface area contributed by atoms with E-state index < -0.39 is 6.10 Å². The second kappa shape index (κ2) is 3.01. The summed E-state index contributed by atoms with van der Waals surface area (Å²) in [6, 6.07) is 0. The van der Waals surface area contributed by atoms with Gasteiger partial charge in [-0.05, 0) is 19.8 Å². The van der Waals surface area contributed by atoms with E-state index in [4.69, 9.17) is 5.11 Å². The van der Waals surface area contributed by atoms with Crippen LogP contribution in [0.25, 0.3) is 0 Å². The second-order valence-corrected chi connectivity index (χ2v) is 2.54. The summed E-state index contributed by atoms with van der Waals surface area (Å²) in [4.78, 5) is 12.7. The number of carbonyl (C=O) groups excluding carboxylic acids is 1. The van der Waals surface area contributed by atoms with Crippen LogP contribution in [0.3, 0.4) is 0 Å². The molecule has 3 nitrogen and oxygen atoms in total. The maximum absolute atomic E-state index is 11.0. The zero-order valence-electron chi connectivity index (χ0n) is 6.08. The van der Waals surface area contributed by atoms with Crippen LogP contribution in [0.2, 0.25) is 0 Å². The van der Waals surface area contributed by atoms with E-state index in [0.29, 0.717) is 6.54 Å². The molecule has 1 saturated heterocycles.